The van der Waals surface area contributed by atoms with E-state index in [1.807, 2.05) is 0 Å². The first-order chi connectivity index (χ1) is 12.7. The van der Waals surface area contributed by atoms with Gasteiger partial charge in [0.2, 0.25) is 5.91 Å². The summed E-state index contributed by atoms with van der Waals surface area (Å²) in [5.74, 6) is -3.51. The molecule has 10 heteroatoms. The molecule has 0 bridgehead atoms. The molecule has 5 N–H and O–H groups in total. The normalized spacial score (nSPS) is 15.7. The molecule has 1 rings (SSSR count). The lowest BCUT2D eigenvalue weighted by atomic mass is 10.1. The van der Waals surface area contributed by atoms with E-state index in [9.17, 15) is 24.2 Å². The van der Waals surface area contributed by atoms with Gasteiger partial charge in [-0.2, -0.15) is 0 Å². The number of carbonyl (C=O) groups excluding carboxylic acids is 1. The highest BCUT2D eigenvalue weighted by Gasteiger charge is 2.40. The molecule has 152 valence electrons. The van der Waals surface area contributed by atoms with Gasteiger partial charge in [0.15, 0.2) is 6.10 Å². The van der Waals surface area contributed by atoms with Crippen molar-refractivity contribution in [3.63, 3.8) is 0 Å². The molecule has 1 heterocycles. The number of aromatic nitrogens is 1. The van der Waals surface area contributed by atoms with Gasteiger partial charge in [0.1, 0.15) is 5.78 Å². The summed E-state index contributed by atoms with van der Waals surface area (Å²) in [5, 5.41) is 11.7. The molecule has 1 aromatic heterocycles. The molecule has 3 atom stereocenters. The molecule has 0 aliphatic rings. The van der Waals surface area contributed by atoms with Crippen LogP contribution in [0.1, 0.15) is 38.8 Å². The third-order valence-electron chi connectivity index (χ3n) is 3.83. The van der Waals surface area contributed by atoms with E-state index in [4.69, 9.17) is 10.3 Å². The molecular formula is C17H28N3O6P. The minimum absolute atomic E-state index is 0.0593. The largest absolute Gasteiger partial charge is 0.479 e. The van der Waals surface area contributed by atoms with Crippen molar-refractivity contribution >= 4 is 19.5 Å². The molecule has 1 aromatic rings. The van der Waals surface area contributed by atoms with Crippen LogP contribution in [0.4, 0.5) is 0 Å². The van der Waals surface area contributed by atoms with E-state index in [-0.39, 0.29) is 12.8 Å². The Balaban J connectivity index is 2.81. The molecule has 1 amide bonds. The minimum atomic E-state index is -4.44. The Morgan fingerprint density at radius 3 is 2.56 bits per heavy atom. The maximum atomic E-state index is 12.7. The van der Waals surface area contributed by atoms with Gasteiger partial charge in [-0.3, -0.25) is 18.9 Å². The zero-order chi connectivity index (χ0) is 20.4. The van der Waals surface area contributed by atoms with Crippen LogP contribution in [-0.4, -0.2) is 45.3 Å². The number of hydrogen-bond donors (Lipinski definition) is 4. The lowest BCUT2D eigenvalue weighted by Gasteiger charge is -2.28. The van der Waals surface area contributed by atoms with Gasteiger partial charge < -0.3 is 21.1 Å². The van der Waals surface area contributed by atoms with Crippen LogP contribution in [0, 0.1) is 5.92 Å². The topological polar surface area (TPSA) is 152 Å². The second-order valence-electron chi connectivity index (χ2n) is 6.54. The maximum Gasteiger partial charge on any atom is 0.351 e. The predicted molar refractivity (Wildman–Crippen MR) is 99.9 cm³/mol. The van der Waals surface area contributed by atoms with E-state index in [2.05, 4.69) is 10.3 Å². The third-order valence-corrected chi connectivity index (χ3v) is 5.82. The SMILES string of the molecule is CC(C)C(NC(=O)Cc1ccccn1)P(=O)(O)O[C@H](CCCCN)C(=O)O. The van der Waals surface area contributed by atoms with Crippen LogP contribution in [0.3, 0.4) is 0 Å². The van der Waals surface area contributed by atoms with Crippen LogP contribution in [0.5, 0.6) is 0 Å². The zero-order valence-electron chi connectivity index (χ0n) is 15.6. The number of unbranched alkanes of at least 4 members (excludes halogenated alkanes) is 1. The molecule has 9 nitrogen and oxygen atoms in total. The maximum absolute atomic E-state index is 12.7. The molecule has 27 heavy (non-hydrogen) atoms. The van der Waals surface area contributed by atoms with Crippen molar-refractivity contribution in [3.05, 3.63) is 30.1 Å². The Morgan fingerprint density at radius 2 is 2.04 bits per heavy atom. The molecule has 0 fully saturated rings. The van der Waals surface area contributed by atoms with E-state index in [0.717, 1.165) is 0 Å². The van der Waals surface area contributed by atoms with Crippen molar-refractivity contribution < 1.29 is 28.7 Å². The standard InChI is InChI=1S/C17H28N3O6P/c1-12(2)16(20-15(21)11-13-7-4-6-10-19-13)27(24,25)26-14(17(22)23)8-3-5-9-18/h4,6-7,10,12,14,16H,3,5,8-9,11,18H2,1-2H3,(H,20,21)(H,22,23)(H,24,25)/t14-,16?/m1/s1. The summed E-state index contributed by atoms with van der Waals surface area (Å²) in [4.78, 5) is 38.0. The number of nitrogens with one attached hydrogen (secondary N) is 1. The van der Waals surface area contributed by atoms with Gasteiger partial charge in [-0.05, 0) is 43.9 Å². The monoisotopic (exact) mass is 401 g/mol. The second kappa shape index (κ2) is 11.1. The number of amides is 1. The summed E-state index contributed by atoms with van der Waals surface area (Å²) < 4.78 is 17.8. The lowest BCUT2D eigenvalue weighted by Crippen LogP contribution is -2.41. The second-order valence-corrected chi connectivity index (χ2v) is 8.43. The van der Waals surface area contributed by atoms with Gasteiger partial charge in [-0.25, -0.2) is 4.79 Å². The molecular weight excluding hydrogens is 373 g/mol. The summed E-state index contributed by atoms with van der Waals surface area (Å²) in [6.45, 7) is 3.67. The molecule has 0 saturated heterocycles. The van der Waals surface area contributed by atoms with E-state index in [1.165, 1.54) is 0 Å². The number of nitrogens with two attached hydrogens (primary N) is 1. The number of pyridine rings is 1. The van der Waals surface area contributed by atoms with Crippen LogP contribution in [0.2, 0.25) is 0 Å². The quantitative estimate of drug-likeness (QED) is 0.304. The number of rotatable bonds is 12. The Kier molecular flexibility index (Phi) is 9.59. The van der Waals surface area contributed by atoms with Gasteiger partial charge in [-0.1, -0.05) is 19.9 Å². The first kappa shape index (κ1) is 23.2. The summed E-state index contributed by atoms with van der Waals surface area (Å²) in [6.07, 6.45) is 1.12. The Morgan fingerprint density at radius 1 is 1.33 bits per heavy atom. The summed E-state index contributed by atoms with van der Waals surface area (Å²) in [7, 11) is -4.44. The van der Waals surface area contributed by atoms with Crippen LogP contribution in [0.15, 0.2) is 24.4 Å². The highest BCUT2D eigenvalue weighted by atomic mass is 31.2. The average molecular weight is 401 g/mol. The van der Waals surface area contributed by atoms with E-state index in [0.29, 0.717) is 25.1 Å². The number of aliphatic carboxylic acids is 1. The van der Waals surface area contributed by atoms with Crippen molar-refractivity contribution in [3.8, 4) is 0 Å². The van der Waals surface area contributed by atoms with E-state index >= 15 is 0 Å². The molecule has 2 unspecified atom stereocenters. The van der Waals surface area contributed by atoms with Crippen molar-refractivity contribution in [2.24, 2.45) is 11.7 Å². The smallest absolute Gasteiger partial charge is 0.351 e. The van der Waals surface area contributed by atoms with Crippen LogP contribution >= 0.6 is 7.60 Å². The highest BCUT2D eigenvalue weighted by molar-refractivity contribution is 7.53. The fraction of sp³-hybridized carbons (Fsp3) is 0.588. The molecule has 0 aliphatic carbocycles. The summed E-state index contributed by atoms with van der Waals surface area (Å²) >= 11 is 0. The number of nitrogens with zero attached hydrogens (tertiary/aromatic N) is 1. The Hall–Kier alpha value is -1.80. The fourth-order valence-corrected chi connectivity index (χ4v) is 4.20. The lowest BCUT2D eigenvalue weighted by molar-refractivity contribution is -0.145. The van der Waals surface area contributed by atoms with Crippen LogP contribution in [0.25, 0.3) is 0 Å². The number of hydrogen-bond acceptors (Lipinski definition) is 6. The molecule has 0 saturated carbocycles. The van der Waals surface area contributed by atoms with Crippen molar-refractivity contribution in [2.75, 3.05) is 6.54 Å². The van der Waals surface area contributed by atoms with Crippen LogP contribution < -0.4 is 11.1 Å². The predicted octanol–water partition coefficient (Wildman–Crippen LogP) is 1.51. The first-order valence-corrected chi connectivity index (χ1v) is 10.4. The van der Waals surface area contributed by atoms with Crippen LogP contribution in [-0.2, 0) is 25.1 Å². The summed E-state index contributed by atoms with van der Waals surface area (Å²) in [5.41, 5.74) is 5.89. The summed E-state index contributed by atoms with van der Waals surface area (Å²) in [6, 6.07) is 5.11. The van der Waals surface area contributed by atoms with Crippen molar-refractivity contribution in [2.45, 2.75) is 51.4 Å². The molecule has 0 spiro atoms. The van der Waals surface area contributed by atoms with Gasteiger partial charge >= 0.3 is 13.6 Å². The molecule has 0 aromatic carbocycles. The van der Waals surface area contributed by atoms with Crippen molar-refractivity contribution in [1.29, 1.82) is 0 Å². The van der Waals surface area contributed by atoms with Gasteiger partial charge in [-0.15, -0.1) is 0 Å². The van der Waals surface area contributed by atoms with Gasteiger partial charge in [0.05, 0.1) is 6.42 Å². The fourth-order valence-electron chi connectivity index (χ4n) is 2.45. The zero-order valence-corrected chi connectivity index (χ0v) is 16.5. The van der Waals surface area contributed by atoms with E-state index in [1.54, 1.807) is 38.2 Å². The number of carbonyl (C=O) groups is 2. The molecule has 0 aliphatic heterocycles. The van der Waals surface area contributed by atoms with Gasteiger partial charge in [0.25, 0.3) is 0 Å². The average Bonchev–Trinajstić information content (AvgIpc) is 2.59. The molecule has 0 radical (unpaired) electrons. The van der Waals surface area contributed by atoms with Gasteiger partial charge in [0, 0.05) is 11.9 Å². The Labute approximate surface area is 158 Å². The third kappa shape index (κ3) is 8.17. The minimum Gasteiger partial charge on any atom is -0.479 e. The number of carboxylic acids is 1. The van der Waals surface area contributed by atoms with E-state index < -0.39 is 37.3 Å². The number of carboxylic acid groups (broad SMARTS) is 1. The Bertz CT molecular complexity index is 655. The highest BCUT2D eigenvalue weighted by Crippen LogP contribution is 2.50. The first-order valence-electron chi connectivity index (χ1n) is 8.80. The van der Waals surface area contributed by atoms with Crippen molar-refractivity contribution in [1.82, 2.24) is 10.3 Å².